The number of carbonyl (C=O) groups excluding carboxylic acids is 1. The summed E-state index contributed by atoms with van der Waals surface area (Å²) < 4.78 is 31.1. The fourth-order valence-corrected chi connectivity index (χ4v) is 5.40. The van der Waals surface area contributed by atoms with E-state index in [-0.39, 0.29) is 11.4 Å². The number of alkyl halides is 1. The maximum Gasteiger partial charge on any atom is 0.319 e. The molecular formula is C9H11BrINO4S2. The first-order chi connectivity index (χ1) is 8.27. The third-order valence-corrected chi connectivity index (χ3v) is 6.22. The Labute approximate surface area is 132 Å². The van der Waals surface area contributed by atoms with E-state index in [1.165, 1.54) is 18.4 Å². The Morgan fingerprint density at radius 3 is 2.72 bits per heavy atom. The van der Waals surface area contributed by atoms with Crippen molar-refractivity contribution < 1.29 is 17.9 Å². The van der Waals surface area contributed by atoms with E-state index in [1.54, 1.807) is 13.0 Å². The van der Waals surface area contributed by atoms with Crippen LogP contribution in [0.2, 0.25) is 0 Å². The van der Waals surface area contributed by atoms with Crippen LogP contribution in [0.3, 0.4) is 0 Å². The zero-order valence-electron chi connectivity index (χ0n) is 9.57. The summed E-state index contributed by atoms with van der Waals surface area (Å²) in [4.78, 5) is 12.1. The van der Waals surface area contributed by atoms with Gasteiger partial charge < -0.3 is 4.74 Å². The first-order valence-electron chi connectivity index (χ1n) is 4.75. The van der Waals surface area contributed by atoms with Gasteiger partial charge in [-0.2, -0.15) is 0 Å². The molecule has 0 bridgehead atoms. The summed E-state index contributed by atoms with van der Waals surface area (Å²) in [6.45, 7) is 1.73. The minimum Gasteiger partial charge on any atom is -0.468 e. The third-order valence-electron chi connectivity index (χ3n) is 2.04. The number of hydrogen-bond donors (Lipinski definition) is 1. The average molecular weight is 468 g/mol. The maximum absolute atomic E-state index is 12.0. The van der Waals surface area contributed by atoms with Crippen LogP contribution in [0.5, 0.6) is 0 Å². The summed E-state index contributed by atoms with van der Waals surface area (Å²) in [6.07, 6.45) is 0. The van der Waals surface area contributed by atoms with E-state index in [9.17, 15) is 13.2 Å². The molecule has 9 heteroatoms. The smallest absolute Gasteiger partial charge is 0.319 e. The number of carbonyl (C=O) groups is 1. The molecule has 0 spiro atoms. The average Bonchev–Trinajstić information content (AvgIpc) is 2.65. The van der Waals surface area contributed by atoms with Crippen molar-refractivity contribution in [2.75, 3.05) is 13.7 Å². The number of ether oxygens (including phenoxy) is 1. The monoisotopic (exact) mass is 467 g/mol. The van der Waals surface area contributed by atoms with E-state index in [2.05, 4.69) is 25.4 Å². The van der Waals surface area contributed by atoms with Crippen molar-refractivity contribution in [1.82, 2.24) is 4.72 Å². The number of hydrogen-bond acceptors (Lipinski definition) is 5. The molecule has 1 aromatic heterocycles. The van der Waals surface area contributed by atoms with Crippen molar-refractivity contribution in [2.24, 2.45) is 0 Å². The van der Waals surface area contributed by atoms with Gasteiger partial charge in [-0.1, -0.05) is 22.6 Å². The van der Waals surface area contributed by atoms with Crippen molar-refractivity contribution in [3.05, 3.63) is 14.7 Å². The second-order valence-electron chi connectivity index (χ2n) is 3.31. The Balaban J connectivity index is 2.78. The largest absolute Gasteiger partial charge is 0.468 e. The number of nitrogens with one attached hydrogen (secondary N) is 1. The predicted molar refractivity (Wildman–Crippen MR) is 81.8 cm³/mol. The van der Waals surface area contributed by atoms with Gasteiger partial charge in [-0.3, -0.25) is 4.79 Å². The van der Waals surface area contributed by atoms with E-state index in [0.717, 1.165) is 3.79 Å². The van der Waals surface area contributed by atoms with Crippen LogP contribution in [-0.4, -0.2) is 32.0 Å². The molecule has 1 heterocycles. The lowest BCUT2D eigenvalue weighted by molar-refractivity contribution is -0.139. The second kappa shape index (κ2) is 6.64. The maximum atomic E-state index is 12.0. The molecular weight excluding hydrogens is 457 g/mol. The van der Waals surface area contributed by atoms with E-state index < -0.39 is 19.9 Å². The first-order valence-corrected chi connectivity index (χ1v) is 9.09. The lowest BCUT2D eigenvalue weighted by Gasteiger charge is -2.09. The molecule has 0 aliphatic rings. The fraction of sp³-hybridized carbons (Fsp3) is 0.444. The van der Waals surface area contributed by atoms with Gasteiger partial charge in [-0.15, -0.1) is 11.3 Å². The van der Waals surface area contributed by atoms with Crippen LogP contribution < -0.4 is 4.72 Å². The molecule has 0 radical (unpaired) electrons. The lowest BCUT2D eigenvalue weighted by Crippen LogP contribution is -2.33. The number of methoxy groups -OCH3 is 1. The number of sulfonamides is 1. The summed E-state index contributed by atoms with van der Waals surface area (Å²) >= 11 is 6.42. The highest BCUT2D eigenvalue weighted by atomic mass is 127. The van der Waals surface area contributed by atoms with Crippen LogP contribution in [0.25, 0.3) is 0 Å². The molecule has 0 aliphatic heterocycles. The molecule has 1 atom stereocenters. The Morgan fingerprint density at radius 1 is 1.67 bits per heavy atom. The molecule has 1 aromatic rings. The SMILES string of the molecule is COC(=O)C(I)CNS(=O)(=O)c1cc(Br)sc1C. The van der Waals surface area contributed by atoms with Crippen molar-refractivity contribution in [3.63, 3.8) is 0 Å². The summed E-state index contributed by atoms with van der Waals surface area (Å²) in [7, 11) is -2.32. The van der Waals surface area contributed by atoms with E-state index in [0.29, 0.717) is 4.88 Å². The highest BCUT2D eigenvalue weighted by Gasteiger charge is 2.22. The zero-order chi connectivity index (χ0) is 13.9. The van der Waals surface area contributed by atoms with E-state index in [4.69, 9.17) is 0 Å². The highest BCUT2D eigenvalue weighted by molar-refractivity contribution is 14.1. The molecule has 1 N–H and O–H groups in total. The minimum absolute atomic E-state index is 0.00245. The topological polar surface area (TPSA) is 72.5 Å². The number of aryl methyl sites for hydroxylation is 1. The summed E-state index contributed by atoms with van der Waals surface area (Å²) in [5.74, 6) is -0.457. The van der Waals surface area contributed by atoms with Crippen LogP contribution in [0.15, 0.2) is 14.7 Å². The molecule has 102 valence electrons. The molecule has 0 saturated heterocycles. The standard InChI is InChI=1S/C9H11BrINO4S2/c1-5-7(3-8(10)17-5)18(14,15)12-4-6(11)9(13)16-2/h3,6,12H,4H2,1-2H3. The summed E-state index contributed by atoms with van der Waals surface area (Å²) in [5.41, 5.74) is 0. The quantitative estimate of drug-likeness (QED) is 0.408. The molecule has 1 rings (SSSR count). The van der Waals surface area contributed by atoms with Gasteiger partial charge in [0.15, 0.2) is 0 Å². The zero-order valence-corrected chi connectivity index (χ0v) is 14.9. The van der Waals surface area contributed by atoms with Gasteiger partial charge in [-0.25, -0.2) is 13.1 Å². The van der Waals surface area contributed by atoms with E-state index in [1.807, 2.05) is 22.6 Å². The van der Waals surface area contributed by atoms with Gasteiger partial charge in [0, 0.05) is 11.4 Å². The van der Waals surface area contributed by atoms with Gasteiger partial charge in [0.05, 0.1) is 15.8 Å². The van der Waals surface area contributed by atoms with Crippen LogP contribution in [0.1, 0.15) is 4.88 Å². The molecule has 5 nitrogen and oxygen atoms in total. The first kappa shape index (κ1) is 16.3. The highest BCUT2D eigenvalue weighted by Crippen LogP contribution is 2.29. The van der Waals surface area contributed by atoms with Gasteiger partial charge in [0.1, 0.15) is 3.92 Å². The van der Waals surface area contributed by atoms with Crippen molar-refractivity contribution in [1.29, 1.82) is 0 Å². The molecule has 0 aromatic carbocycles. The molecule has 0 aliphatic carbocycles. The molecule has 0 fully saturated rings. The molecule has 18 heavy (non-hydrogen) atoms. The molecule has 0 saturated carbocycles. The number of rotatable bonds is 5. The molecule has 1 unspecified atom stereocenters. The molecule has 0 amide bonds. The second-order valence-corrected chi connectivity index (χ2v) is 9.19. The Morgan fingerprint density at radius 2 is 2.28 bits per heavy atom. The predicted octanol–water partition coefficient (Wildman–Crippen LogP) is 2.07. The van der Waals surface area contributed by atoms with E-state index >= 15 is 0 Å². The van der Waals surface area contributed by atoms with Gasteiger partial charge >= 0.3 is 5.97 Å². The summed E-state index contributed by atoms with van der Waals surface area (Å²) in [5, 5.41) is 0. The number of halogens is 2. The van der Waals surface area contributed by atoms with Crippen LogP contribution in [-0.2, 0) is 19.6 Å². The Bertz CT molecular complexity index is 543. The summed E-state index contributed by atoms with van der Waals surface area (Å²) in [6, 6.07) is 1.54. The minimum atomic E-state index is -3.59. The number of thiophene rings is 1. The van der Waals surface area contributed by atoms with Crippen molar-refractivity contribution in [3.8, 4) is 0 Å². The van der Waals surface area contributed by atoms with Crippen molar-refractivity contribution in [2.45, 2.75) is 15.7 Å². The Kier molecular flexibility index (Phi) is 6.03. The van der Waals surface area contributed by atoms with Crippen LogP contribution >= 0.6 is 49.9 Å². The lowest BCUT2D eigenvalue weighted by atomic mass is 10.4. The van der Waals surface area contributed by atoms with Crippen molar-refractivity contribution >= 4 is 65.9 Å². The van der Waals surface area contributed by atoms with Gasteiger partial charge in [-0.05, 0) is 28.9 Å². The third kappa shape index (κ3) is 4.15. The normalized spacial score (nSPS) is 13.3. The van der Waals surface area contributed by atoms with Crippen LogP contribution in [0.4, 0.5) is 0 Å². The fourth-order valence-electron chi connectivity index (χ4n) is 1.17. The van der Waals surface area contributed by atoms with Gasteiger partial charge in [0.25, 0.3) is 0 Å². The Hall–Kier alpha value is 0.290. The number of esters is 1. The van der Waals surface area contributed by atoms with Gasteiger partial charge in [0.2, 0.25) is 10.0 Å². The van der Waals surface area contributed by atoms with Crippen LogP contribution in [0, 0.1) is 6.92 Å².